The van der Waals surface area contributed by atoms with E-state index >= 15 is 0 Å². The number of ketones is 1. The number of carbonyl (C=O) groups excluding carboxylic acids is 2. The number of halogens is 2. The number of Topliss-reactive ketones (excluding diaryl/α,β-unsaturated/α-hetero) is 1. The number of thiophene rings is 1. The van der Waals surface area contributed by atoms with E-state index in [1.807, 2.05) is 0 Å². The van der Waals surface area contributed by atoms with Crippen LogP contribution in [0, 0.1) is 18.3 Å². The van der Waals surface area contributed by atoms with Crippen molar-refractivity contribution in [1.82, 2.24) is 4.98 Å². The van der Waals surface area contributed by atoms with Gasteiger partial charge in [0, 0.05) is 22.2 Å². The third kappa shape index (κ3) is 5.03. The molecule has 0 saturated heterocycles. The lowest BCUT2D eigenvalue weighted by atomic mass is 10.1. The summed E-state index contributed by atoms with van der Waals surface area (Å²) in [5.41, 5.74) is 2.41. The van der Waals surface area contributed by atoms with E-state index in [9.17, 15) is 14.9 Å². The first-order valence-electron chi connectivity index (χ1n) is 9.36. The van der Waals surface area contributed by atoms with Crippen molar-refractivity contribution in [3.05, 3.63) is 60.8 Å². The van der Waals surface area contributed by atoms with Crippen LogP contribution in [0.5, 0.6) is 0 Å². The summed E-state index contributed by atoms with van der Waals surface area (Å²) in [6, 6.07) is 7.22. The number of carbonyl (C=O) groups is 2. The molecule has 0 fully saturated rings. The van der Waals surface area contributed by atoms with Crippen molar-refractivity contribution in [3.63, 3.8) is 0 Å². The van der Waals surface area contributed by atoms with E-state index in [1.54, 1.807) is 37.4 Å². The van der Waals surface area contributed by atoms with Crippen molar-refractivity contribution < 1.29 is 14.3 Å². The number of thiazole rings is 1. The number of nitrogens with zero attached hydrogens (tertiary/aromatic N) is 2. The molecular weight excluding hydrogens is 489 g/mol. The van der Waals surface area contributed by atoms with Crippen molar-refractivity contribution in [2.45, 2.75) is 20.8 Å². The first-order chi connectivity index (χ1) is 15.3. The van der Waals surface area contributed by atoms with Gasteiger partial charge < -0.3 is 10.1 Å². The van der Waals surface area contributed by atoms with E-state index in [1.165, 1.54) is 24.5 Å². The molecule has 0 radical (unpaired) electrons. The fourth-order valence-corrected chi connectivity index (χ4v) is 5.25. The van der Waals surface area contributed by atoms with Crippen LogP contribution in [0.25, 0.3) is 16.8 Å². The van der Waals surface area contributed by atoms with Crippen molar-refractivity contribution in [2.24, 2.45) is 0 Å². The van der Waals surface area contributed by atoms with Gasteiger partial charge in [-0.1, -0.05) is 23.2 Å². The van der Waals surface area contributed by atoms with Crippen LogP contribution in [-0.2, 0) is 4.74 Å². The molecule has 0 aliphatic heterocycles. The van der Waals surface area contributed by atoms with Gasteiger partial charge in [-0.05, 0) is 44.5 Å². The predicted molar refractivity (Wildman–Crippen MR) is 130 cm³/mol. The molecule has 6 nitrogen and oxygen atoms in total. The van der Waals surface area contributed by atoms with Crippen LogP contribution in [-0.4, -0.2) is 23.3 Å². The van der Waals surface area contributed by atoms with Gasteiger partial charge in [-0.2, -0.15) is 5.26 Å². The molecule has 1 N–H and O–H groups in total. The molecule has 32 heavy (non-hydrogen) atoms. The van der Waals surface area contributed by atoms with Gasteiger partial charge in [-0.3, -0.25) is 4.79 Å². The minimum Gasteiger partial charge on any atom is -0.462 e. The maximum Gasteiger partial charge on any atom is 0.341 e. The Kier molecular flexibility index (Phi) is 7.69. The third-order valence-electron chi connectivity index (χ3n) is 4.36. The fraction of sp³-hybridized carbons (Fsp3) is 0.182. The number of aromatic nitrogens is 1. The van der Waals surface area contributed by atoms with Crippen LogP contribution >= 0.6 is 45.9 Å². The van der Waals surface area contributed by atoms with Gasteiger partial charge in [0.1, 0.15) is 21.7 Å². The average Bonchev–Trinajstić information content (AvgIpc) is 3.34. The second-order valence-electron chi connectivity index (χ2n) is 6.51. The molecule has 0 unspecified atom stereocenters. The Balaban J connectivity index is 1.94. The Morgan fingerprint density at radius 3 is 2.72 bits per heavy atom. The topological polar surface area (TPSA) is 92.1 Å². The van der Waals surface area contributed by atoms with Gasteiger partial charge in [0.15, 0.2) is 5.78 Å². The summed E-state index contributed by atoms with van der Waals surface area (Å²) in [5.74, 6) is -0.683. The van der Waals surface area contributed by atoms with E-state index in [-0.39, 0.29) is 23.5 Å². The molecule has 0 spiro atoms. The van der Waals surface area contributed by atoms with E-state index in [4.69, 9.17) is 27.9 Å². The zero-order valence-corrected chi connectivity index (χ0v) is 20.4. The molecule has 3 aromatic rings. The van der Waals surface area contributed by atoms with Gasteiger partial charge in [-0.25, -0.2) is 9.78 Å². The summed E-state index contributed by atoms with van der Waals surface area (Å²) in [7, 11) is 0. The van der Waals surface area contributed by atoms with Crippen molar-refractivity contribution >= 4 is 68.2 Å². The Labute approximate surface area is 203 Å². The molecule has 0 aliphatic rings. The molecular formula is C22H17Cl2N3O3S2. The maximum atomic E-state index is 12.4. The highest BCUT2D eigenvalue weighted by molar-refractivity contribution is 7.18. The number of nitrogens with one attached hydrogen (secondary N) is 1. The second-order valence-corrected chi connectivity index (χ2v) is 9.24. The lowest BCUT2D eigenvalue weighted by Gasteiger charge is -2.05. The number of anilines is 1. The summed E-state index contributed by atoms with van der Waals surface area (Å²) >= 11 is 14.6. The SMILES string of the molecule is CCOC(=O)c1c(N/C=C(/C#N)c2nc(-c3ccc(Cl)cc3Cl)cs2)sc(C(C)=O)c1C. The van der Waals surface area contributed by atoms with E-state index in [0.717, 1.165) is 11.3 Å². The van der Waals surface area contributed by atoms with Crippen molar-refractivity contribution in [1.29, 1.82) is 5.26 Å². The highest BCUT2D eigenvalue weighted by Gasteiger charge is 2.24. The van der Waals surface area contributed by atoms with Gasteiger partial charge >= 0.3 is 5.97 Å². The Morgan fingerprint density at radius 1 is 1.34 bits per heavy atom. The molecule has 0 atom stereocenters. The molecule has 0 saturated carbocycles. The quantitative estimate of drug-likeness (QED) is 0.214. The number of hydrogen-bond donors (Lipinski definition) is 1. The third-order valence-corrected chi connectivity index (χ3v) is 7.10. The van der Waals surface area contributed by atoms with Crippen LogP contribution in [0.2, 0.25) is 10.0 Å². The molecule has 2 heterocycles. The number of rotatable bonds is 7. The van der Waals surface area contributed by atoms with Crippen LogP contribution < -0.4 is 5.32 Å². The molecule has 0 amide bonds. The monoisotopic (exact) mass is 505 g/mol. The maximum absolute atomic E-state index is 12.4. The second kappa shape index (κ2) is 10.3. The minimum atomic E-state index is -0.530. The number of hydrogen-bond acceptors (Lipinski definition) is 8. The normalized spacial score (nSPS) is 11.2. The number of nitriles is 1. The largest absolute Gasteiger partial charge is 0.462 e. The molecule has 164 valence electrons. The summed E-state index contributed by atoms with van der Waals surface area (Å²) in [6.45, 7) is 5.05. The molecule has 10 heteroatoms. The lowest BCUT2D eigenvalue weighted by Crippen LogP contribution is -2.08. The summed E-state index contributed by atoms with van der Waals surface area (Å²) in [5, 5.41) is 16.3. The van der Waals surface area contributed by atoms with E-state index in [0.29, 0.717) is 41.8 Å². The molecule has 0 aliphatic carbocycles. The Morgan fingerprint density at radius 2 is 2.09 bits per heavy atom. The van der Waals surface area contributed by atoms with Crippen LogP contribution in [0.4, 0.5) is 5.00 Å². The smallest absolute Gasteiger partial charge is 0.341 e. The summed E-state index contributed by atoms with van der Waals surface area (Å²) in [6.07, 6.45) is 1.46. The number of ether oxygens (including phenoxy) is 1. The first kappa shape index (κ1) is 24.0. The molecule has 3 rings (SSSR count). The van der Waals surface area contributed by atoms with E-state index in [2.05, 4.69) is 16.4 Å². The summed E-state index contributed by atoms with van der Waals surface area (Å²) in [4.78, 5) is 29.4. The van der Waals surface area contributed by atoms with Crippen LogP contribution in [0.15, 0.2) is 29.8 Å². The lowest BCUT2D eigenvalue weighted by molar-refractivity contribution is 0.0527. The zero-order valence-electron chi connectivity index (χ0n) is 17.3. The highest BCUT2D eigenvalue weighted by Crippen LogP contribution is 2.35. The summed E-state index contributed by atoms with van der Waals surface area (Å²) < 4.78 is 5.13. The molecule has 1 aromatic carbocycles. The molecule has 2 aromatic heterocycles. The fourth-order valence-electron chi connectivity index (χ4n) is 2.90. The number of benzene rings is 1. The first-order valence-corrected chi connectivity index (χ1v) is 11.8. The minimum absolute atomic E-state index is 0.153. The Bertz CT molecular complexity index is 1270. The van der Waals surface area contributed by atoms with Gasteiger partial charge in [0.2, 0.25) is 0 Å². The van der Waals surface area contributed by atoms with E-state index < -0.39 is 5.97 Å². The standard InChI is InChI=1S/C22H17Cl2N3O3S2/c1-4-30-22(29)18-11(2)19(12(3)28)32-21(18)26-9-13(8-25)20-27-17(10-31-20)15-6-5-14(23)7-16(15)24/h5-7,9-10,26H,4H2,1-3H3/b13-9-. The average molecular weight is 506 g/mol. The van der Waals surface area contributed by atoms with Crippen molar-refractivity contribution in [2.75, 3.05) is 11.9 Å². The van der Waals surface area contributed by atoms with Crippen molar-refractivity contribution in [3.8, 4) is 17.3 Å². The predicted octanol–water partition coefficient (Wildman–Crippen LogP) is 6.84. The van der Waals surface area contributed by atoms with Crippen LogP contribution in [0.1, 0.15) is 44.4 Å². The van der Waals surface area contributed by atoms with Crippen LogP contribution in [0.3, 0.4) is 0 Å². The molecule has 0 bridgehead atoms. The number of allylic oxidation sites excluding steroid dienone is 1. The highest BCUT2D eigenvalue weighted by atomic mass is 35.5. The van der Waals surface area contributed by atoms with Gasteiger partial charge in [0.25, 0.3) is 0 Å². The van der Waals surface area contributed by atoms with Gasteiger partial charge in [-0.15, -0.1) is 22.7 Å². The Hall–Kier alpha value is -2.70. The van der Waals surface area contributed by atoms with Gasteiger partial charge in [0.05, 0.1) is 27.8 Å². The zero-order chi connectivity index (χ0) is 23.4. The number of esters is 1.